The molecule has 6 heterocycles. The van der Waals surface area contributed by atoms with Crippen LogP contribution >= 0.6 is 0 Å². The average Bonchev–Trinajstić information content (AvgIpc) is 3.76. The number of carbonyl (C=O) groups is 5. The van der Waals surface area contributed by atoms with Crippen LogP contribution < -0.4 is 15.5 Å². The summed E-state index contributed by atoms with van der Waals surface area (Å²) < 4.78 is 3.75. The summed E-state index contributed by atoms with van der Waals surface area (Å²) in [6.45, 7) is 1.67. The zero-order valence-corrected chi connectivity index (χ0v) is 31.8. The average molecular weight is 769 g/mol. The number of benzene rings is 2. The van der Waals surface area contributed by atoms with Crippen molar-refractivity contribution in [3.63, 3.8) is 0 Å². The predicted molar refractivity (Wildman–Crippen MR) is 210 cm³/mol. The summed E-state index contributed by atoms with van der Waals surface area (Å²) >= 11 is 0. The second kappa shape index (κ2) is 13.9. The normalized spacial score (nSPS) is 23.2. The number of piperidine rings is 2. The molecule has 4 fully saturated rings. The zero-order valence-electron chi connectivity index (χ0n) is 31.8. The van der Waals surface area contributed by atoms with E-state index in [0.717, 1.165) is 97.2 Å². The van der Waals surface area contributed by atoms with Gasteiger partial charge in [-0.3, -0.25) is 38.9 Å². The van der Waals surface area contributed by atoms with Gasteiger partial charge in [-0.2, -0.15) is 10.2 Å². The van der Waals surface area contributed by atoms with Crippen molar-refractivity contribution in [3.8, 4) is 0 Å². The van der Waals surface area contributed by atoms with Gasteiger partial charge < -0.3 is 15.1 Å². The molecule has 0 bridgehead atoms. The van der Waals surface area contributed by atoms with Crippen LogP contribution in [0.1, 0.15) is 113 Å². The Labute approximate surface area is 328 Å². The second-order valence-electron chi connectivity index (χ2n) is 16.3. The van der Waals surface area contributed by atoms with Crippen LogP contribution in [0, 0.1) is 0 Å². The minimum absolute atomic E-state index is 0.0954. The van der Waals surface area contributed by atoms with Gasteiger partial charge in [-0.25, -0.2) is 9.50 Å². The third-order valence-electron chi connectivity index (χ3n) is 12.9. The molecule has 15 heteroatoms. The maximum Gasteiger partial charge on any atom is 0.262 e. The standard InChI is InChI=1S/C42H44N10O5/c1-48(27-13-17-49(18-14-27)29-9-10-30-32(20-29)42(57)52(41(30)56)36-11-12-37(53)46-40(36)55)26-5-7-28(8-6-26)51-23-25-19-35(31(24-3-4-24)21-34(25)47-51)45-39(54)33-22-44-50-16-2-15-43-38(33)50/h2,9-10,15-16,19-24,26-28,36H,3-8,11-14,17-18H2,1H3,(H,45,54)(H,46,53,55). The maximum atomic E-state index is 13.4. The van der Waals surface area contributed by atoms with Crippen LogP contribution in [0.5, 0.6) is 0 Å². The molecule has 2 saturated carbocycles. The third kappa shape index (κ3) is 6.33. The highest BCUT2D eigenvalue weighted by molar-refractivity contribution is 6.23. The summed E-state index contributed by atoms with van der Waals surface area (Å²) in [5.74, 6) is -1.74. The van der Waals surface area contributed by atoms with E-state index in [-0.39, 0.29) is 24.7 Å². The van der Waals surface area contributed by atoms with Gasteiger partial charge in [0, 0.05) is 66.9 Å². The Hall–Kier alpha value is -5.96. The van der Waals surface area contributed by atoms with Crippen LogP contribution in [-0.4, -0.2) is 102 Å². The van der Waals surface area contributed by atoms with Crippen molar-refractivity contribution >= 4 is 57.5 Å². The molecule has 2 aliphatic carbocycles. The molecule has 2 saturated heterocycles. The molecule has 2 N–H and O–H groups in total. The Bertz CT molecular complexity index is 2470. The molecule has 0 radical (unpaired) electrons. The van der Waals surface area contributed by atoms with E-state index in [9.17, 15) is 24.0 Å². The lowest BCUT2D eigenvalue weighted by atomic mass is 9.88. The van der Waals surface area contributed by atoms with Crippen LogP contribution in [0.4, 0.5) is 11.4 Å². The Morgan fingerprint density at radius 3 is 2.44 bits per heavy atom. The van der Waals surface area contributed by atoms with Crippen LogP contribution in [0.3, 0.4) is 0 Å². The topological polar surface area (TPSA) is 167 Å². The molecule has 1 unspecified atom stereocenters. The number of hydrogen-bond acceptors (Lipinski definition) is 10. The van der Waals surface area contributed by atoms with Crippen LogP contribution in [0.2, 0.25) is 0 Å². The molecule has 292 valence electrons. The SMILES string of the molecule is CN(C1CCC(n2cc3cc(NC(=O)c4cnn5cccnc45)c(C4CC4)cc3n2)CC1)C1CCN(c2ccc3c(c2)C(=O)N(C2CCC(=O)NC2=O)C3=O)CC1. The third-order valence-corrected chi connectivity index (χ3v) is 12.9. The van der Waals surface area contributed by atoms with Gasteiger partial charge in [0.25, 0.3) is 17.7 Å². The van der Waals surface area contributed by atoms with Crippen LogP contribution in [0.15, 0.2) is 61.2 Å². The molecule has 0 spiro atoms. The van der Waals surface area contributed by atoms with Gasteiger partial charge in [0.1, 0.15) is 11.6 Å². The van der Waals surface area contributed by atoms with Crippen LogP contribution in [0.25, 0.3) is 16.6 Å². The van der Waals surface area contributed by atoms with Gasteiger partial charge in [0.2, 0.25) is 11.8 Å². The fourth-order valence-corrected chi connectivity index (χ4v) is 9.53. The first-order chi connectivity index (χ1) is 27.7. The maximum absolute atomic E-state index is 13.4. The first-order valence-electron chi connectivity index (χ1n) is 20.1. The lowest BCUT2D eigenvalue weighted by molar-refractivity contribution is -0.136. The first kappa shape index (κ1) is 35.5. The minimum atomic E-state index is -0.970. The van der Waals surface area contributed by atoms with E-state index in [1.54, 1.807) is 41.3 Å². The lowest BCUT2D eigenvalue weighted by Crippen LogP contribution is -2.54. The number of carbonyl (C=O) groups excluding carboxylic acids is 5. The predicted octanol–water partition coefficient (Wildman–Crippen LogP) is 4.69. The van der Waals surface area contributed by atoms with Gasteiger partial charge in [-0.05, 0) is 113 Å². The van der Waals surface area contributed by atoms with Crippen molar-refractivity contribution in [3.05, 3.63) is 83.4 Å². The summed E-state index contributed by atoms with van der Waals surface area (Å²) in [6.07, 6.45) is 15.8. The first-order valence-corrected chi connectivity index (χ1v) is 20.1. The molecule has 5 amide bonds. The van der Waals surface area contributed by atoms with Gasteiger partial charge in [-0.15, -0.1) is 0 Å². The number of rotatable bonds is 8. The van der Waals surface area contributed by atoms with E-state index in [0.29, 0.717) is 46.4 Å². The van der Waals surface area contributed by atoms with Crippen molar-refractivity contribution in [2.45, 2.75) is 94.3 Å². The number of hydrogen-bond donors (Lipinski definition) is 2. The van der Waals surface area contributed by atoms with E-state index < -0.39 is 23.8 Å². The number of nitrogens with one attached hydrogen (secondary N) is 2. The summed E-state index contributed by atoms with van der Waals surface area (Å²) in [5.41, 5.74) is 5.42. The number of anilines is 2. The number of amides is 5. The van der Waals surface area contributed by atoms with Crippen molar-refractivity contribution in [2.75, 3.05) is 30.4 Å². The number of nitrogens with zero attached hydrogens (tertiary/aromatic N) is 8. The second-order valence-corrected chi connectivity index (χ2v) is 16.3. The summed E-state index contributed by atoms with van der Waals surface area (Å²) in [6, 6.07) is 11.7. The summed E-state index contributed by atoms with van der Waals surface area (Å²) in [5, 5.41) is 15.8. The van der Waals surface area contributed by atoms with E-state index in [1.807, 2.05) is 6.07 Å². The molecule has 1 atom stereocenters. The highest BCUT2D eigenvalue weighted by Gasteiger charge is 2.45. The fourth-order valence-electron chi connectivity index (χ4n) is 9.53. The highest BCUT2D eigenvalue weighted by Crippen LogP contribution is 2.45. The molecule has 15 nitrogen and oxygen atoms in total. The molecule has 5 aromatic rings. The Morgan fingerprint density at radius 2 is 1.67 bits per heavy atom. The lowest BCUT2D eigenvalue weighted by Gasteiger charge is -2.43. The summed E-state index contributed by atoms with van der Waals surface area (Å²) in [4.78, 5) is 74.3. The Balaban J connectivity index is 0.757. The van der Waals surface area contributed by atoms with E-state index in [2.05, 4.69) is 60.6 Å². The number of fused-ring (bicyclic) bond motifs is 3. The summed E-state index contributed by atoms with van der Waals surface area (Å²) in [7, 11) is 2.26. The van der Waals surface area contributed by atoms with Gasteiger partial charge >= 0.3 is 0 Å². The quantitative estimate of drug-likeness (QED) is 0.212. The molecular weight excluding hydrogens is 725 g/mol. The molecule has 3 aromatic heterocycles. The highest BCUT2D eigenvalue weighted by atomic mass is 16.2. The molecule has 57 heavy (non-hydrogen) atoms. The Morgan fingerprint density at radius 1 is 0.895 bits per heavy atom. The zero-order chi connectivity index (χ0) is 38.9. The smallest absolute Gasteiger partial charge is 0.262 e. The largest absolute Gasteiger partial charge is 0.371 e. The Kier molecular flexibility index (Phi) is 8.65. The van der Waals surface area contributed by atoms with Crippen molar-refractivity contribution in [1.29, 1.82) is 0 Å². The van der Waals surface area contributed by atoms with Gasteiger partial charge in [0.05, 0.1) is 28.9 Å². The molecular formula is C42H44N10O5. The van der Waals surface area contributed by atoms with E-state index >= 15 is 0 Å². The monoisotopic (exact) mass is 768 g/mol. The molecule has 3 aliphatic heterocycles. The van der Waals surface area contributed by atoms with Crippen LogP contribution in [-0.2, 0) is 9.59 Å². The van der Waals surface area contributed by atoms with E-state index in [4.69, 9.17) is 5.10 Å². The molecule has 2 aromatic carbocycles. The van der Waals surface area contributed by atoms with Gasteiger partial charge in [-0.1, -0.05) is 0 Å². The molecule has 10 rings (SSSR count). The van der Waals surface area contributed by atoms with Crippen molar-refractivity contribution in [2.24, 2.45) is 0 Å². The molecule has 5 aliphatic rings. The van der Waals surface area contributed by atoms with Gasteiger partial charge in [0.15, 0.2) is 5.65 Å². The minimum Gasteiger partial charge on any atom is -0.371 e. The number of imide groups is 2. The fraction of sp³-hybridized carbons (Fsp3) is 0.429. The van der Waals surface area contributed by atoms with E-state index in [1.165, 1.54) is 0 Å². The van der Waals surface area contributed by atoms with Crippen molar-refractivity contribution < 1.29 is 24.0 Å². The number of aromatic nitrogens is 5. The van der Waals surface area contributed by atoms with Crippen molar-refractivity contribution in [1.82, 2.24) is 39.5 Å².